The second kappa shape index (κ2) is 7.16. The Morgan fingerprint density at radius 1 is 1.21 bits per heavy atom. The van der Waals surface area contributed by atoms with Crippen LogP contribution < -0.4 is 0 Å². The fraction of sp³-hybridized carbons (Fsp3) is 0.625. The van der Waals surface area contributed by atoms with Crippen LogP contribution in [0, 0.1) is 0 Å². The lowest BCUT2D eigenvalue weighted by atomic mass is 9.96. The van der Waals surface area contributed by atoms with Gasteiger partial charge in [0, 0.05) is 26.2 Å². The third-order valence-electron chi connectivity index (χ3n) is 4.73. The first kappa shape index (κ1) is 17.3. The number of pyridine rings is 1. The Labute approximate surface area is 143 Å². The van der Waals surface area contributed by atoms with Gasteiger partial charge in [-0.25, -0.2) is 12.7 Å². The molecule has 0 amide bonds. The van der Waals surface area contributed by atoms with E-state index < -0.39 is 10.0 Å². The van der Waals surface area contributed by atoms with Crippen molar-refractivity contribution in [1.82, 2.24) is 23.8 Å². The average molecular weight is 351 g/mol. The summed E-state index contributed by atoms with van der Waals surface area (Å²) in [4.78, 5) is 2.35. The van der Waals surface area contributed by atoms with Crippen molar-refractivity contribution in [2.24, 2.45) is 0 Å². The number of rotatable bonds is 6. The predicted molar refractivity (Wildman–Crippen MR) is 93.5 cm³/mol. The van der Waals surface area contributed by atoms with E-state index in [1.165, 1.54) is 4.31 Å². The highest BCUT2D eigenvalue weighted by molar-refractivity contribution is 7.89. The monoisotopic (exact) mass is 351 g/mol. The standard InChI is InChI=1S/C16H25N5O2S/c1-19(2)24(22,23)13-5-9-20-11-7-14(8-12-20)16-18-17-15-6-3-4-10-21(15)16/h3-4,6,10,14H,5,7-9,11-13H2,1-2H3. The molecular weight excluding hydrogens is 326 g/mol. The number of hydrogen-bond donors (Lipinski definition) is 0. The number of aromatic nitrogens is 3. The van der Waals surface area contributed by atoms with E-state index >= 15 is 0 Å². The molecular formula is C16H25N5O2S. The minimum atomic E-state index is -3.08. The normalized spacial score (nSPS) is 17.8. The lowest BCUT2D eigenvalue weighted by Gasteiger charge is -2.31. The molecule has 0 aromatic carbocycles. The minimum absolute atomic E-state index is 0.217. The molecule has 0 spiro atoms. The average Bonchev–Trinajstić information content (AvgIpc) is 2.99. The van der Waals surface area contributed by atoms with Crippen molar-refractivity contribution in [3.8, 4) is 0 Å². The van der Waals surface area contributed by atoms with E-state index in [9.17, 15) is 8.42 Å². The van der Waals surface area contributed by atoms with E-state index in [4.69, 9.17) is 0 Å². The van der Waals surface area contributed by atoms with Gasteiger partial charge in [0.05, 0.1) is 5.75 Å². The fourth-order valence-electron chi connectivity index (χ4n) is 3.21. The number of hydrogen-bond acceptors (Lipinski definition) is 5. The van der Waals surface area contributed by atoms with Crippen molar-refractivity contribution in [3.63, 3.8) is 0 Å². The highest BCUT2D eigenvalue weighted by atomic mass is 32.2. The Morgan fingerprint density at radius 2 is 1.96 bits per heavy atom. The molecule has 2 aromatic heterocycles. The molecule has 0 saturated carbocycles. The zero-order valence-electron chi connectivity index (χ0n) is 14.3. The van der Waals surface area contributed by atoms with Gasteiger partial charge in [0.25, 0.3) is 0 Å². The molecule has 0 aliphatic carbocycles. The van der Waals surface area contributed by atoms with Gasteiger partial charge in [0.15, 0.2) is 5.65 Å². The molecule has 1 fully saturated rings. The largest absolute Gasteiger partial charge is 0.303 e. The lowest BCUT2D eigenvalue weighted by Crippen LogP contribution is -2.35. The Hall–Kier alpha value is -1.51. The molecule has 1 saturated heterocycles. The van der Waals surface area contributed by atoms with Gasteiger partial charge in [-0.1, -0.05) is 6.07 Å². The summed E-state index contributed by atoms with van der Waals surface area (Å²) in [5.74, 6) is 1.68. The van der Waals surface area contributed by atoms with E-state index in [2.05, 4.69) is 19.5 Å². The zero-order valence-corrected chi connectivity index (χ0v) is 15.1. The van der Waals surface area contributed by atoms with Crippen molar-refractivity contribution < 1.29 is 8.42 Å². The molecule has 1 aliphatic rings. The second-order valence-corrected chi connectivity index (χ2v) is 8.86. The first-order valence-electron chi connectivity index (χ1n) is 8.39. The van der Waals surface area contributed by atoms with Crippen LogP contribution in [0.5, 0.6) is 0 Å². The van der Waals surface area contributed by atoms with Gasteiger partial charge in [-0.05, 0) is 51.0 Å². The molecule has 0 bridgehead atoms. The number of nitrogens with zero attached hydrogens (tertiary/aromatic N) is 5. The van der Waals surface area contributed by atoms with Crippen molar-refractivity contribution >= 4 is 15.7 Å². The van der Waals surface area contributed by atoms with Crippen LogP contribution in [0.3, 0.4) is 0 Å². The van der Waals surface area contributed by atoms with Crippen molar-refractivity contribution in [2.45, 2.75) is 25.2 Å². The van der Waals surface area contributed by atoms with Crippen LogP contribution in [0.2, 0.25) is 0 Å². The smallest absolute Gasteiger partial charge is 0.213 e. The lowest BCUT2D eigenvalue weighted by molar-refractivity contribution is 0.209. The highest BCUT2D eigenvalue weighted by Gasteiger charge is 2.24. The van der Waals surface area contributed by atoms with Gasteiger partial charge < -0.3 is 4.90 Å². The molecule has 24 heavy (non-hydrogen) atoms. The molecule has 7 nitrogen and oxygen atoms in total. The summed E-state index contributed by atoms with van der Waals surface area (Å²) < 4.78 is 27.0. The first-order chi connectivity index (χ1) is 11.5. The van der Waals surface area contributed by atoms with Crippen LogP contribution in [-0.4, -0.2) is 71.7 Å². The summed E-state index contributed by atoms with van der Waals surface area (Å²) in [6.45, 7) is 2.79. The van der Waals surface area contributed by atoms with E-state index in [0.29, 0.717) is 12.3 Å². The number of fused-ring (bicyclic) bond motifs is 1. The second-order valence-electron chi connectivity index (χ2n) is 6.55. The highest BCUT2D eigenvalue weighted by Crippen LogP contribution is 2.27. The van der Waals surface area contributed by atoms with Gasteiger partial charge in [-0.3, -0.25) is 4.40 Å². The number of piperidine rings is 1. The Balaban J connectivity index is 1.51. The van der Waals surface area contributed by atoms with Gasteiger partial charge in [-0.15, -0.1) is 10.2 Å². The van der Waals surface area contributed by atoms with Crippen molar-refractivity contribution in [3.05, 3.63) is 30.2 Å². The molecule has 8 heteroatoms. The van der Waals surface area contributed by atoms with E-state index in [1.807, 2.05) is 24.4 Å². The molecule has 0 N–H and O–H groups in total. The van der Waals surface area contributed by atoms with Crippen LogP contribution in [-0.2, 0) is 10.0 Å². The van der Waals surface area contributed by atoms with E-state index in [0.717, 1.165) is 43.9 Å². The Morgan fingerprint density at radius 3 is 2.67 bits per heavy atom. The van der Waals surface area contributed by atoms with Gasteiger partial charge >= 0.3 is 0 Å². The van der Waals surface area contributed by atoms with E-state index in [-0.39, 0.29) is 5.75 Å². The van der Waals surface area contributed by atoms with Crippen LogP contribution >= 0.6 is 0 Å². The first-order valence-corrected chi connectivity index (χ1v) is 10.0. The maximum absolute atomic E-state index is 11.8. The third-order valence-corrected chi connectivity index (χ3v) is 6.64. The predicted octanol–water partition coefficient (Wildman–Crippen LogP) is 1.19. The van der Waals surface area contributed by atoms with E-state index in [1.54, 1.807) is 14.1 Å². The number of sulfonamides is 1. The fourth-order valence-corrected chi connectivity index (χ4v) is 4.07. The van der Waals surface area contributed by atoms with Gasteiger partial charge in [0.2, 0.25) is 10.0 Å². The van der Waals surface area contributed by atoms with Crippen LogP contribution in [0.1, 0.15) is 31.0 Å². The minimum Gasteiger partial charge on any atom is -0.303 e. The Kier molecular flexibility index (Phi) is 5.17. The molecule has 132 valence electrons. The van der Waals surface area contributed by atoms with Crippen molar-refractivity contribution in [1.29, 1.82) is 0 Å². The van der Waals surface area contributed by atoms with Crippen LogP contribution in [0.4, 0.5) is 0 Å². The van der Waals surface area contributed by atoms with Crippen LogP contribution in [0.25, 0.3) is 5.65 Å². The Bertz CT molecular complexity index is 779. The van der Waals surface area contributed by atoms with Crippen LogP contribution in [0.15, 0.2) is 24.4 Å². The summed E-state index contributed by atoms with van der Waals surface area (Å²) in [6.07, 6.45) is 4.77. The third kappa shape index (κ3) is 3.76. The molecule has 3 rings (SSSR count). The van der Waals surface area contributed by atoms with Gasteiger partial charge in [0.1, 0.15) is 5.82 Å². The summed E-state index contributed by atoms with van der Waals surface area (Å²) in [5.41, 5.74) is 0.892. The maximum atomic E-state index is 11.8. The summed E-state index contributed by atoms with van der Waals surface area (Å²) in [6, 6.07) is 5.94. The summed E-state index contributed by atoms with van der Waals surface area (Å²) >= 11 is 0. The molecule has 3 heterocycles. The maximum Gasteiger partial charge on any atom is 0.213 e. The van der Waals surface area contributed by atoms with Crippen molar-refractivity contribution in [2.75, 3.05) is 39.5 Å². The molecule has 2 aromatic rings. The quantitative estimate of drug-likeness (QED) is 0.782. The van der Waals surface area contributed by atoms with Gasteiger partial charge in [-0.2, -0.15) is 0 Å². The molecule has 1 aliphatic heterocycles. The molecule has 0 atom stereocenters. The SMILES string of the molecule is CN(C)S(=O)(=O)CCCN1CCC(c2nnc3ccccn23)CC1. The molecule has 0 unspecified atom stereocenters. The molecule has 0 radical (unpaired) electrons. The number of likely N-dealkylation sites (tertiary alicyclic amines) is 1. The summed E-state index contributed by atoms with van der Waals surface area (Å²) in [5, 5.41) is 8.60. The zero-order chi connectivity index (χ0) is 17.2. The topological polar surface area (TPSA) is 70.8 Å². The summed E-state index contributed by atoms with van der Waals surface area (Å²) in [7, 11) is 0.0895.